The van der Waals surface area contributed by atoms with Crippen molar-refractivity contribution in [1.29, 1.82) is 0 Å². The number of anilines is 3. The minimum atomic E-state index is -1.08. The van der Waals surface area contributed by atoms with Gasteiger partial charge in [0.1, 0.15) is 10.9 Å². The number of fused-ring (bicyclic) bond motifs is 1. The SMILES string of the molecule is CN(C)c1ccc([C@H](C(=O)NC[C@H]2CCCO2)N(C(=O)c2snc(C(N)=O)c2N)c2cccc3ccccc23)cc1. The summed E-state index contributed by atoms with van der Waals surface area (Å²) in [5.74, 6) is -1.78. The Bertz CT molecular complexity index is 1570. The van der Waals surface area contributed by atoms with Crippen molar-refractivity contribution in [3.8, 4) is 0 Å². The molecule has 1 aromatic heterocycles. The van der Waals surface area contributed by atoms with Crippen LogP contribution >= 0.6 is 11.5 Å². The van der Waals surface area contributed by atoms with Crippen LogP contribution in [0.5, 0.6) is 0 Å². The third-order valence-corrected chi connectivity index (χ3v) is 8.01. The number of nitrogens with two attached hydrogens (primary N) is 2. The van der Waals surface area contributed by atoms with Crippen LogP contribution in [0, 0.1) is 0 Å². The minimum absolute atomic E-state index is 0.0218. The van der Waals surface area contributed by atoms with Gasteiger partial charge in [-0.05, 0) is 53.5 Å². The highest BCUT2D eigenvalue weighted by Crippen LogP contribution is 2.37. The number of primary amides is 1. The maximum Gasteiger partial charge on any atom is 0.273 e. The molecule has 0 saturated carbocycles. The van der Waals surface area contributed by atoms with Gasteiger partial charge in [-0.25, -0.2) is 0 Å². The second-order valence-corrected chi connectivity index (χ2v) is 10.9. The molecule has 0 aliphatic carbocycles. The smallest absolute Gasteiger partial charge is 0.273 e. The van der Waals surface area contributed by atoms with Crippen molar-refractivity contribution in [1.82, 2.24) is 9.69 Å². The topological polar surface area (TPSA) is 144 Å². The van der Waals surface area contributed by atoms with Crippen LogP contribution in [0.2, 0.25) is 0 Å². The molecule has 3 amide bonds. The van der Waals surface area contributed by atoms with E-state index in [9.17, 15) is 14.4 Å². The Balaban J connectivity index is 1.68. The summed E-state index contributed by atoms with van der Waals surface area (Å²) < 4.78 is 9.77. The van der Waals surface area contributed by atoms with Crippen LogP contribution in [0.1, 0.15) is 44.6 Å². The normalized spacial score (nSPS) is 15.4. The molecule has 3 aromatic carbocycles. The molecule has 2 atom stereocenters. The van der Waals surface area contributed by atoms with Gasteiger partial charge in [0.15, 0.2) is 5.69 Å². The van der Waals surface area contributed by atoms with Crippen LogP contribution in [0.4, 0.5) is 17.1 Å². The van der Waals surface area contributed by atoms with E-state index in [4.69, 9.17) is 16.2 Å². The summed E-state index contributed by atoms with van der Waals surface area (Å²) in [6, 6.07) is 19.6. The molecule has 10 nitrogen and oxygen atoms in total. The Morgan fingerprint density at radius 3 is 2.46 bits per heavy atom. The van der Waals surface area contributed by atoms with Crippen molar-refractivity contribution >= 4 is 57.1 Å². The highest BCUT2D eigenvalue weighted by Gasteiger charge is 2.37. The summed E-state index contributed by atoms with van der Waals surface area (Å²) in [6.45, 7) is 0.973. The summed E-state index contributed by atoms with van der Waals surface area (Å²) in [6.07, 6.45) is 1.69. The molecule has 0 spiro atoms. The summed E-state index contributed by atoms with van der Waals surface area (Å²) in [5, 5.41) is 4.67. The van der Waals surface area contributed by atoms with Gasteiger partial charge in [-0.3, -0.25) is 19.3 Å². The Hall–Kier alpha value is -4.48. The van der Waals surface area contributed by atoms with Gasteiger partial charge < -0.3 is 26.4 Å². The van der Waals surface area contributed by atoms with Crippen molar-refractivity contribution in [3.63, 3.8) is 0 Å². The molecule has 1 aliphatic rings. The predicted octanol–water partition coefficient (Wildman–Crippen LogP) is 3.73. The van der Waals surface area contributed by atoms with E-state index in [1.807, 2.05) is 79.7 Å². The second kappa shape index (κ2) is 11.9. The van der Waals surface area contributed by atoms with Crippen molar-refractivity contribution in [2.24, 2.45) is 5.73 Å². The zero-order valence-corrected chi connectivity index (χ0v) is 23.7. The first-order valence-electron chi connectivity index (χ1n) is 13.3. The molecular formula is C30H32N6O4S. The lowest BCUT2D eigenvalue weighted by molar-refractivity contribution is -0.123. The van der Waals surface area contributed by atoms with Gasteiger partial charge in [0.25, 0.3) is 11.8 Å². The van der Waals surface area contributed by atoms with Crippen molar-refractivity contribution in [2.75, 3.05) is 42.8 Å². The number of rotatable bonds is 9. The number of amides is 3. The summed E-state index contributed by atoms with van der Waals surface area (Å²) in [7, 11) is 3.85. The zero-order chi connectivity index (χ0) is 29.1. The molecule has 11 heteroatoms. The third-order valence-electron chi connectivity index (χ3n) is 7.16. The van der Waals surface area contributed by atoms with Crippen LogP contribution in [0.25, 0.3) is 10.8 Å². The molecule has 2 heterocycles. The number of nitrogens with zero attached hydrogens (tertiary/aromatic N) is 3. The predicted molar refractivity (Wildman–Crippen MR) is 161 cm³/mol. The lowest BCUT2D eigenvalue weighted by atomic mass is 9.99. The van der Waals surface area contributed by atoms with Gasteiger partial charge in [-0.1, -0.05) is 48.5 Å². The molecule has 1 saturated heterocycles. The highest BCUT2D eigenvalue weighted by atomic mass is 32.1. The maximum atomic E-state index is 14.5. The fraction of sp³-hybridized carbons (Fsp3) is 0.267. The Kier molecular flexibility index (Phi) is 8.18. The van der Waals surface area contributed by atoms with Gasteiger partial charge in [-0.15, -0.1) is 0 Å². The summed E-state index contributed by atoms with van der Waals surface area (Å²) >= 11 is 0.780. The second-order valence-electron chi connectivity index (χ2n) is 10.1. The van der Waals surface area contributed by atoms with Crippen LogP contribution in [0.15, 0.2) is 66.7 Å². The average molecular weight is 573 g/mol. The number of carbonyl (C=O) groups is 3. The zero-order valence-electron chi connectivity index (χ0n) is 22.9. The first kappa shape index (κ1) is 28.1. The van der Waals surface area contributed by atoms with E-state index < -0.39 is 17.9 Å². The van der Waals surface area contributed by atoms with E-state index in [1.165, 1.54) is 4.90 Å². The molecule has 5 rings (SSSR count). The van der Waals surface area contributed by atoms with Gasteiger partial charge in [0, 0.05) is 38.3 Å². The molecule has 1 fully saturated rings. The number of benzene rings is 3. The van der Waals surface area contributed by atoms with Gasteiger partial charge in [-0.2, -0.15) is 4.37 Å². The molecule has 0 unspecified atom stereocenters. The van der Waals surface area contributed by atoms with E-state index in [-0.39, 0.29) is 28.3 Å². The third kappa shape index (κ3) is 5.72. The fourth-order valence-corrected chi connectivity index (χ4v) is 5.75. The Morgan fingerprint density at radius 2 is 1.80 bits per heavy atom. The standard InChI is InChI=1S/C30H32N6O4S/c1-35(2)20-14-12-19(13-15-20)26(29(38)33-17-21-9-6-16-40-21)36(23-11-5-8-18-7-3-4-10-22(18)23)30(39)27-24(31)25(28(32)37)34-41-27/h3-5,7-8,10-15,21,26H,6,9,16-17,31H2,1-2H3,(H2,32,37)(H,33,38)/t21-,26-/m1/s1. The largest absolute Gasteiger partial charge is 0.395 e. The number of nitrogens with one attached hydrogen (secondary N) is 1. The van der Waals surface area contributed by atoms with Crippen molar-refractivity contribution < 1.29 is 19.1 Å². The molecule has 41 heavy (non-hydrogen) atoms. The minimum Gasteiger partial charge on any atom is -0.395 e. The average Bonchev–Trinajstić information content (AvgIpc) is 3.64. The van der Waals surface area contributed by atoms with Crippen molar-refractivity contribution in [2.45, 2.75) is 25.0 Å². The first-order valence-corrected chi connectivity index (χ1v) is 14.1. The molecule has 0 radical (unpaired) electrons. The highest BCUT2D eigenvalue weighted by molar-refractivity contribution is 7.09. The number of hydrogen-bond acceptors (Lipinski definition) is 8. The van der Waals surface area contributed by atoms with Crippen LogP contribution in [-0.2, 0) is 9.53 Å². The van der Waals surface area contributed by atoms with E-state index >= 15 is 0 Å². The summed E-state index contributed by atoms with van der Waals surface area (Å²) in [5.41, 5.74) is 13.4. The Morgan fingerprint density at radius 1 is 1.07 bits per heavy atom. The van der Waals surface area contributed by atoms with Gasteiger partial charge in [0.05, 0.1) is 17.5 Å². The lowest BCUT2D eigenvalue weighted by Crippen LogP contribution is -2.45. The molecule has 1 aliphatic heterocycles. The molecule has 212 valence electrons. The first-order chi connectivity index (χ1) is 19.8. The number of ether oxygens (including phenoxy) is 1. The molecular weight excluding hydrogens is 540 g/mol. The van der Waals surface area contributed by atoms with Crippen LogP contribution in [-0.4, -0.2) is 55.4 Å². The monoisotopic (exact) mass is 572 g/mol. The number of hydrogen-bond donors (Lipinski definition) is 3. The van der Waals surface area contributed by atoms with Crippen molar-refractivity contribution in [3.05, 3.63) is 82.9 Å². The number of aromatic nitrogens is 1. The van der Waals surface area contributed by atoms with E-state index in [0.29, 0.717) is 24.4 Å². The van der Waals surface area contributed by atoms with E-state index in [2.05, 4.69) is 9.69 Å². The number of nitrogen functional groups attached to an aromatic ring is 1. The van der Waals surface area contributed by atoms with Gasteiger partial charge in [0.2, 0.25) is 5.91 Å². The van der Waals surface area contributed by atoms with Gasteiger partial charge >= 0.3 is 0 Å². The molecule has 5 N–H and O–H groups in total. The van der Waals surface area contributed by atoms with E-state index in [0.717, 1.165) is 40.8 Å². The Labute approximate surface area is 242 Å². The van der Waals surface area contributed by atoms with Crippen LogP contribution < -0.4 is 26.6 Å². The number of carbonyl (C=O) groups excluding carboxylic acids is 3. The summed E-state index contributed by atoms with van der Waals surface area (Å²) in [4.78, 5) is 43.9. The van der Waals surface area contributed by atoms with E-state index in [1.54, 1.807) is 6.07 Å². The quantitative estimate of drug-likeness (QED) is 0.277. The molecule has 0 bridgehead atoms. The maximum absolute atomic E-state index is 14.5. The molecule has 4 aromatic rings. The van der Waals surface area contributed by atoms with Crippen LogP contribution in [0.3, 0.4) is 0 Å². The lowest BCUT2D eigenvalue weighted by Gasteiger charge is -2.32. The fourth-order valence-electron chi connectivity index (χ4n) is 5.01.